The first-order valence-corrected chi connectivity index (χ1v) is 6.54. The molecule has 0 saturated carbocycles. The molecule has 0 amide bonds. The highest BCUT2D eigenvalue weighted by Gasteiger charge is 2.34. The van der Waals surface area contributed by atoms with E-state index in [9.17, 15) is 10.2 Å². The van der Waals surface area contributed by atoms with Crippen molar-refractivity contribution in [2.24, 2.45) is 5.92 Å². The molecule has 2 nitrogen and oxygen atoms in total. The van der Waals surface area contributed by atoms with E-state index >= 15 is 0 Å². The fourth-order valence-electron chi connectivity index (χ4n) is 2.46. The van der Waals surface area contributed by atoms with Crippen LogP contribution in [0.4, 0.5) is 0 Å². The van der Waals surface area contributed by atoms with Gasteiger partial charge in [-0.2, -0.15) is 0 Å². The summed E-state index contributed by atoms with van der Waals surface area (Å²) < 4.78 is 0. The van der Waals surface area contributed by atoms with E-state index in [-0.39, 0.29) is 12.0 Å². The number of hydrogen-bond donors (Lipinski definition) is 2. The number of rotatable bonds is 5. The first kappa shape index (κ1) is 13.7. The maximum atomic E-state index is 10.4. The Bertz CT molecular complexity index is 243. The molecule has 0 aromatic heterocycles. The second kappa shape index (κ2) is 5.83. The molecular weight excluding hydrogens is 200 g/mol. The Balaban J connectivity index is 2.50. The monoisotopic (exact) mass is 226 g/mol. The normalized spacial score (nSPS) is 29.7. The number of aliphatic hydroxyl groups excluding tert-OH is 1. The van der Waals surface area contributed by atoms with Gasteiger partial charge in [-0.3, -0.25) is 0 Å². The van der Waals surface area contributed by atoms with Crippen LogP contribution >= 0.6 is 0 Å². The molecule has 1 aliphatic carbocycles. The standard InChI is InChI=1S/C14H26O2/c1-4-5-6-9-14(3,16)12-8-7-11(2)13(15)10-12/h7,12-13,15-16H,4-6,8-10H2,1-3H3/t12-,13?,14?/m1/s1. The molecule has 16 heavy (non-hydrogen) atoms. The van der Waals surface area contributed by atoms with Crippen LogP contribution in [0.3, 0.4) is 0 Å². The third-order valence-electron chi connectivity index (χ3n) is 3.92. The van der Waals surface area contributed by atoms with Gasteiger partial charge in [-0.05, 0) is 44.6 Å². The summed E-state index contributed by atoms with van der Waals surface area (Å²) in [7, 11) is 0. The van der Waals surface area contributed by atoms with Crippen LogP contribution in [0.1, 0.15) is 59.3 Å². The second-order valence-electron chi connectivity index (χ2n) is 5.45. The summed E-state index contributed by atoms with van der Waals surface area (Å²) in [6.45, 7) is 6.06. The van der Waals surface area contributed by atoms with Crippen molar-refractivity contribution in [3.8, 4) is 0 Å². The van der Waals surface area contributed by atoms with E-state index in [2.05, 4.69) is 13.0 Å². The highest BCUT2D eigenvalue weighted by Crippen LogP contribution is 2.35. The van der Waals surface area contributed by atoms with Crippen LogP contribution in [0.2, 0.25) is 0 Å². The second-order valence-corrected chi connectivity index (χ2v) is 5.45. The molecule has 1 aliphatic rings. The molecule has 94 valence electrons. The molecule has 0 fully saturated rings. The molecular formula is C14H26O2. The molecule has 0 radical (unpaired) electrons. The number of hydrogen-bond acceptors (Lipinski definition) is 2. The van der Waals surface area contributed by atoms with Gasteiger partial charge < -0.3 is 10.2 Å². The molecule has 0 aliphatic heterocycles. The summed E-state index contributed by atoms with van der Waals surface area (Å²) in [4.78, 5) is 0. The van der Waals surface area contributed by atoms with Gasteiger partial charge in [-0.15, -0.1) is 0 Å². The highest BCUT2D eigenvalue weighted by molar-refractivity contribution is 5.11. The highest BCUT2D eigenvalue weighted by atomic mass is 16.3. The maximum absolute atomic E-state index is 10.4. The molecule has 3 atom stereocenters. The SMILES string of the molecule is CCCCCC(C)(O)[C@@H]1CC=C(C)C(O)C1. The Hall–Kier alpha value is -0.340. The number of unbranched alkanes of at least 4 members (excludes halogenated alkanes) is 2. The van der Waals surface area contributed by atoms with Crippen LogP contribution in [0, 0.1) is 5.92 Å². The fraction of sp³-hybridized carbons (Fsp3) is 0.857. The summed E-state index contributed by atoms with van der Waals surface area (Å²) in [6.07, 6.45) is 7.64. The fourth-order valence-corrected chi connectivity index (χ4v) is 2.46. The van der Waals surface area contributed by atoms with Gasteiger partial charge in [0.05, 0.1) is 11.7 Å². The molecule has 2 N–H and O–H groups in total. The first-order chi connectivity index (χ1) is 7.47. The average Bonchev–Trinajstić information content (AvgIpc) is 2.22. The summed E-state index contributed by atoms with van der Waals surface area (Å²) >= 11 is 0. The molecule has 2 unspecified atom stereocenters. The molecule has 0 spiro atoms. The maximum Gasteiger partial charge on any atom is 0.0751 e. The Kier molecular flexibility index (Phi) is 5.00. The van der Waals surface area contributed by atoms with E-state index < -0.39 is 5.60 Å². The van der Waals surface area contributed by atoms with Gasteiger partial charge in [0.1, 0.15) is 0 Å². The lowest BCUT2D eigenvalue weighted by atomic mass is 9.75. The minimum absolute atomic E-state index is 0.211. The Morgan fingerprint density at radius 1 is 1.44 bits per heavy atom. The van der Waals surface area contributed by atoms with Crippen molar-refractivity contribution in [2.45, 2.75) is 71.0 Å². The van der Waals surface area contributed by atoms with Crippen LogP contribution in [-0.2, 0) is 0 Å². The molecule has 1 rings (SSSR count). The molecule has 0 saturated heterocycles. The Labute approximate surface area is 99.4 Å². The summed E-state index contributed by atoms with van der Waals surface area (Å²) in [5.41, 5.74) is 0.438. The Morgan fingerprint density at radius 2 is 2.12 bits per heavy atom. The topological polar surface area (TPSA) is 40.5 Å². The number of allylic oxidation sites excluding steroid dienone is 1. The third-order valence-corrected chi connectivity index (χ3v) is 3.92. The van der Waals surface area contributed by atoms with Crippen LogP contribution in [0.15, 0.2) is 11.6 Å². The van der Waals surface area contributed by atoms with Crippen molar-refractivity contribution in [1.29, 1.82) is 0 Å². The van der Waals surface area contributed by atoms with E-state index in [0.717, 1.165) is 24.8 Å². The minimum atomic E-state index is -0.618. The summed E-state index contributed by atoms with van der Waals surface area (Å²) in [5, 5.41) is 20.2. The lowest BCUT2D eigenvalue weighted by molar-refractivity contribution is -0.0295. The van der Waals surface area contributed by atoms with Crippen LogP contribution in [-0.4, -0.2) is 21.9 Å². The quantitative estimate of drug-likeness (QED) is 0.559. The van der Waals surface area contributed by atoms with Crippen molar-refractivity contribution >= 4 is 0 Å². The zero-order valence-electron chi connectivity index (χ0n) is 10.9. The zero-order chi connectivity index (χ0) is 12.2. The lowest BCUT2D eigenvalue weighted by Crippen LogP contribution is -2.38. The lowest BCUT2D eigenvalue weighted by Gasteiger charge is -2.36. The molecule has 2 heteroatoms. The van der Waals surface area contributed by atoms with Crippen molar-refractivity contribution in [3.05, 3.63) is 11.6 Å². The summed E-state index contributed by atoms with van der Waals surface area (Å²) in [5.74, 6) is 0.211. The largest absolute Gasteiger partial charge is 0.390 e. The van der Waals surface area contributed by atoms with E-state index in [4.69, 9.17) is 0 Å². The molecule has 0 heterocycles. The zero-order valence-corrected chi connectivity index (χ0v) is 10.9. The molecule has 0 aromatic rings. The van der Waals surface area contributed by atoms with Crippen molar-refractivity contribution in [1.82, 2.24) is 0 Å². The third kappa shape index (κ3) is 3.60. The van der Waals surface area contributed by atoms with Crippen LogP contribution in [0.5, 0.6) is 0 Å². The van der Waals surface area contributed by atoms with Gasteiger partial charge >= 0.3 is 0 Å². The van der Waals surface area contributed by atoms with E-state index in [1.807, 2.05) is 13.8 Å². The van der Waals surface area contributed by atoms with E-state index in [1.165, 1.54) is 12.8 Å². The van der Waals surface area contributed by atoms with Gasteiger partial charge in [-0.1, -0.05) is 32.3 Å². The molecule has 0 bridgehead atoms. The predicted molar refractivity (Wildman–Crippen MR) is 67.3 cm³/mol. The van der Waals surface area contributed by atoms with Crippen molar-refractivity contribution in [2.75, 3.05) is 0 Å². The smallest absolute Gasteiger partial charge is 0.0751 e. The Morgan fingerprint density at radius 3 is 2.69 bits per heavy atom. The predicted octanol–water partition coefficient (Wildman–Crippen LogP) is 3.03. The van der Waals surface area contributed by atoms with Crippen molar-refractivity contribution in [3.63, 3.8) is 0 Å². The van der Waals surface area contributed by atoms with Gasteiger partial charge in [0.25, 0.3) is 0 Å². The first-order valence-electron chi connectivity index (χ1n) is 6.54. The van der Waals surface area contributed by atoms with E-state index in [1.54, 1.807) is 0 Å². The van der Waals surface area contributed by atoms with Gasteiger partial charge in [0.15, 0.2) is 0 Å². The summed E-state index contributed by atoms with van der Waals surface area (Å²) in [6, 6.07) is 0. The van der Waals surface area contributed by atoms with Gasteiger partial charge in [0.2, 0.25) is 0 Å². The van der Waals surface area contributed by atoms with Crippen LogP contribution < -0.4 is 0 Å². The molecule has 0 aromatic carbocycles. The van der Waals surface area contributed by atoms with Crippen LogP contribution in [0.25, 0.3) is 0 Å². The van der Waals surface area contributed by atoms with Gasteiger partial charge in [0, 0.05) is 0 Å². The number of aliphatic hydroxyl groups is 2. The van der Waals surface area contributed by atoms with Crippen molar-refractivity contribution < 1.29 is 10.2 Å². The minimum Gasteiger partial charge on any atom is -0.390 e. The average molecular weight is 226 g/mol. The van der Waals surface area contributed by atoms with E-state index in [0.29, 0.717) is 6.42 Å². The van der Waals surface area contributed by atoms with Gasteiger partial charge in [-0.25, -0.2) is 0 Å².